The molecule has 0 saturated heterocycles. The molecular weight excluding hydrogens is 292 g/mol. The van der Waals surface area contributed by atoms with E-state index in [9.17, 15) is 0 Å². The molecule has 130 valence electrons. The van der Waals surface area contributed by atoms with Crippen LogP contribution in [0.3, 0.4) is 0 Å². The second-order valence-electron chi connectivity index (χ2n) is 6.73. The fourth-order valence-electron chi connectivity index (χ4n) is 3.03. The van der Waals surface area contributed by atoms with E-state index in [4.69, 9.17) is 0 Å². The SMILES string of the molecule is CCCCCCCCCc1ccc(-c2ccc(CCC)nn2)cc1. The maximum absolute atomic E-state index is 4.36. The zero-order chi connectivity index (χ0) is 17.0. The van der Waals surface area contributed by atoms with Crippen LogP contribution in [-0.2, 0) is 12.8 Å². The quantitative estimate of drug-likeness (QED) is 0.448. The first-order valence-electron chi connectivity index (χ1n) is 9.75. The number of nitrogens with zero attached hydrogens (tertiary/aromatic N) is 2. The number of aryl methyl sites for hydroxylation is 2. The highest BCUT2D eigenvalue weighted by Gasteiger charge is 2.02. The van der Waals surface area contributed by atoms with Crippen molar-refractivity contribution in [2.24, 2.45) is 0 Å². The number of unbranched alkanes of at least 4 members (excludes halogenated alkanes) is 6. The van der Waals surface area contributed by atoms with Crippen molar-refractivity contribution in [3.8, 4) is 11.3 Å². The van der Waals surface area contributed by atoms with Crippen molar-refractivity contribution >= 4 is 0 Å². The van der Waals surface area contributed by atoms with E-state index in [1.54, 1.807) is 0 Å². The zero-order valence-corrected chi connectivity index (χ0v) is 15.4. The summed E-state index contributed by atoms with van der Waals surface area (Å²) in [4.78, 5) is 0. The van der Waals surface area contributed by atoms with Gasteiger partial charge in [-0.2, -0.15) is 10.2 Å². The number of aromatic nitrogens is 2. The number of hydrogen-bond donors (Lipinski definition) is 0. The molecule has 0 fully saturated rings. The van der Waals surface area contributed by atoms with Crippen molar-refractivity contribution in [1.29, 1.82) is 0 Å². The molecule has 1 aromatic carbocycles. The molecule has 1 heterocycles. The summed E-state index contributed by atoms with van der Waals surface area (Å²) in [5.41, 5.74) is 4.64. The van der Waals surface area contributed by atoms with Gasteiger partial charge in [0.05, 0.1) is 11.4 Å². The Labute approximate surface area is 147 Å². The standard InChI is InChI=1S/C22H32N2/c1-3-5-6-7-8-9-10-12-19-13-15-20(16-14-19)22-18-17-21(11-4-2)23-24-22/h13-18H,3-12H2,1-2H3. The molecule has 0 spiro atoms. The number of benzene rings is 1. The lowest BCUT2D eigenvalue weighted by atomic mass is 10.0. The summed E-state index contributed by atoms with van der Waals surface area (Å²) in [6, 6.07) is 13.0. The summed E-state index contributed by atoms with van der Waals surface area (Å²) >= 11 is 0. The van der Waals surface area contributed by atoms with Crippen molar-refractivity contribution in [3.05, 3.63) is 47.7 Å². The third-order valence-corrected chi connectivity index (χ3v) is 4.54. The van der Waals surface area contributed by atoms with E-state index in [2.05, 4.69) is 60.4 Å². The smallest absolute Gasteiger partial charge is 0.0929 e. The normalized spacial score (nSPS) is 10.9. The fraction of sp³-hybridized carbons (Fsp3) is 0.545. The third-order valence-electron chi connectivity index (χ3n) is 4.54. The fourth-order valence-corrected chi connectivity index (χ4v) is 3.03. The molecule has 2 aromatic rings. The third kappa shape index (κ3) is 6.43. The molecule has 2 rings (SSSR count). The van der Waals surface area contributed by atoms with E-state index < -0.39 is 0 Å². The molecule has 0 aliphatic rings. The van der Waals surface area contributed by atoms with Crippen LogP contribution in [0.15, 0.2) is 36.4 Å². The lowest BCUT2D eigenvalue weighted by Gasteiger charge is -2.05. The predicted molar refractivity (Wildman–Crippen MR) is 103 cm³/mol. The Morgan fingerprint density at radius 2 is 1.33 bits per heavy atom. The molecule has 0 amide bonds. The average molecular weight is 325 g/mol. The van der Waals surface area contributed by atoms with Crippen LogP contribution < -0.4 is 0 Å². The van der Waals surface area contributed by atoms with Gasteiger partial charge in [0.25, 0.3) is 0 Å². The lowest BCUT2D eigenvalue weighted by Crippen LogP contribution is -1.94. The van der Waals surface area contributed by atoms with E-state index in [1.165, 1.54) is 56.9 Å². The second-order valence-corrected chi connectivity index (χ2v) is 6.73. The van der Waals surface area contributed by atoms with Gasteiger partial charge in [-0.3, -0.25) is 0 Å². The van der Waals surface area contributed by atoms with Crippen molar-refractivity contribution in [1.82, 2.24) is 10.2 Å². The van der Waals surface area contributed by atoms with Gasteiger partial charge in [0.1, 0.15) is 0 Å². The monoisotopic (exact) mass is 324 g/mol. The first kappa shape index (κ1) is 18.6. The minimum atomic E-state index is 0.970. The van der Waals surface area contributed by atoms with Crippen molar-refractivity contribution in [3.63, 3.8) is 0 Å². The molecule has 0 atom stereocenters. The Balaban J connectivity index is 1.76. The Morgan fingerprint density at radius 3 is 1.96 bits per heavy atom. The predicted octanol–water partition coefficient (Wildman–Crippen LogP) is 6.39. The van der Waals surface area contributed by atoms with E-state index in [-0.39, 0.29) is 0 Å². The molecule has 1 aromatic heterocycles. The molecule has 0 N–H and O–H groups in total. The molecule has 0 aliphatic heterocycles. The van der Waals surface area contributed by atoms with Crippen molar-refractivity contribution < 1.29 is 0 Å². The molecule has 0 unspecified atom stereocenters. The van der Waals surface area contributed by atoms with Crippen LogP contribution >= 0.6 is 0 Å². The van der Waals surface area contributed by atoms with Crippen LogP contribution in [0, 0.1) is 0 Å². The molecule has 2 heteroatoms. The highest BCUT2D eigenvalue weighted by atomic mass is 15.1. The Morgan fingerprint density at radius 1 is 0.625 bits per heavy atom. The molecule has 24 heavy (non-hydrogen) atoms. The minimum Gasteiger partial charge on any atom is -0.155 e. The summed E-state index contributed by atoms with van der Waals surface area (Å²) in [5, 5.41) is 8.67. The van der Waals surface area contributed by atoms with Gasteiger partial charge >= 0.3 is 0 Å². The van der Waals surface area contributed by atoms with Crippen LogP contribution in [0.4, 0.5) is 0 Å². The zero-order valence-electron chi connectivity index (χ0n) is 15.4. The van der Waals surface area contributed by atoms with Gasteiger partial charge in [0.2, 0.25) is 0 Å². The van der Waals surface area contributed by atoms with Gasteiger partial charge in [0.15, 0.2) is 0 Å². The molecule has 2 nitrogen and oxygen atoms in total. The summed E-state index contributed by atoms with van der Waals surface area (Å²) in [6.45, 7) is 4.44. The minimum absolute atomic E-state index is 0.970. The molecule has 0 saturated carbocycles. The molecule has 0 aliphatic carbocycles. The molecule has 0 radical (unpaired) electrons. The van der Waals surface area contributed by atoms with Crippen LogP contribution in [-0.4, -0.2) is 10.2 Å². The van der Waals surface area contributed by atoms with E-state index >= 15 is 0 Å². The van der Waals surface area contributed by atoms with Gasteiger partial charge in [-0.15, -0.1) is 0 Å². The van der Waals surface area contributed by atoms with Gasteiger partial charge in [-0.25, -0.2) is 0 Å². The highest BCUT2D eigenvalue weighted by molar-refractivity contribution is 5.58. The topological polar surface area (TPSA) is 25.8 Å². The summed E-state index contributed by atoms with van der Waals surface area (Å²) in [5.74, 6) is 0. The van der Waals surface area contributed by atoms with Gasteiger partial charge in [-0.05, 0) is 37.0 Å². The van der Waals surface area contributed by atoms with E-state index in [1.807, 2.05) is 0 Å². The first-order valence-corrected chi connectivity index (χ1v) is 9.75. The van der Waals surface area contributed by atoms with Crippen LogP contribution in [0.1, 0.15) is 76.5 Å². The van der Waals surface area contributed by atoms with Crippen LogP contribution in [0.2, 0.25) is 0 Å². The number of rotatable bonds is 11. The Bertz CT molecular complexity index is 558. The van der Waals surface area contributed by atoms with Crippen LogP contribution in [0.5, 0.6) is 0 Å². The van der Waals surface area contributed by atoms with Crippen molar-refractivity contribution in [2.75, 3.05) is 0 Å². The lowest BCUT2D eigenvalue weighted by molar-refractivity contribution is 0.589. The molecule has 0 bridgehead atoms. The molecular formula is C22H32N2. The maximum atomic E-state index is 4.36. The largest absolute Gasteiger partial charge is 0.155 e. The van der Waals surface area contributed by atoms with Crippen LogP contribution in [0.25, 0.3) is 11.3 Å². The van der Waals surface area contributed by atoms with Gasteiger partial charge < -0.3 is 0 Å². The maximum Gasteiger partial charge on any atom is 0.0929 e. The summed E-state index contributed by atoms with van der Waals surface area (Å²) in [7, 11) is 0. The summed E-state index contributed by atoms with van der Waals surface area (Å²) in [6.07, 6.45) is 12.9. The first-order chi connectivity index (χ1) is 11.8. The van der Waals surface area contributed by atoms with Crippen molar-refractivity contribution in [2.45, 2.75) is 78.1 Å². The average Bonchev–Trinajstić information content (AvgIpc) is 2.62. The Kier molecular flexibility index (Phi) is 8.51. The Hall–Kier alpha value is -1.70. The van der Waals surface area contributed by atoms with E-state index in [0.717, 1.165) is 29.8 Å². The highest BCUT2D eigenvalue weighted by Crippen LogP contribution is 2.18. The van der Waals surface area contributed by atoms with E-state index in [0.29, 0.717) is 0 Å². The summed E-state index contributed by atoms with van der Waals surface area (Å²) < 4.78 is 0. The van der Waals surface area contributed by atoms with Gasteiger partial charge in [-0.1, -0.05) is 83.1 Å². The number of hydrogen-bond acceptors (Lipinski definition) is 2. The van der Waals surface area contributed by atoms with Gasteiger partial charge in [0, 0.05) is 5.56 Å². The second kappa shape index (κ2) is 11.0.